The molecule has 0 aliphatic carbocycles. The first kappa shape index (κ1) is 24.8. The Morgan fingerprint density at radius 2 is 1.43 bits per heavy atom. The van der Waals surface area contributed by atoms with Crippen LogP contribution in [0.2, 0.25) is 0 Å². The Kier molecular flexibility index (Phi) is 8.40. The lowest BCUT2D eigenvalue weighted by Gasteiger charge is -2.38. The van der Waals surface area contributed by atoms with Crippen molar-refractivity contribution in [2.24, 2.45) is 5.92 Å². The largest absolute Gasteiger partial charge is 0.493 e. The fourth-order valence-corrected chi connectivity index (χ4v) is 4.76. The summed E-state index contributed by atoms with van der Waals surface area (Å²) >= 11 is 0. The lowest BCUT2D eigenvalue weighted by atomic mass is 9.94. The van der Waals surface area contributed by atoms with Crippen LogP contribution in [0, 0.1) is 5.92 Å². The van der Waals surface area contributed by atoms with E-state index >= 15 is 0 Å². The van der Waals surface area contributed by atoms with Crippen LogP contribution in [-0.2, 0) is 16.0 Å². The number of piperazine rings is 1. The number of nitrogens with zero attached hydrogens (tertiary/aromatic N) is 3. The normalized spacial score (nSPS) is 16.8. The number of piperidine rings is 1. The van der Waals surface area contributed by atoms with Gasteiger partial charge in [-0.1, -0.05) is 37.3 Å². The molecule has 2 aromatic carbocycles. The number of amides is 3. The quantitative estimate of drug-likeness (QED) is 0.614. The zero-order valence-electron chi connectivity index (χ0n) is 20.5. The number of likely N-dealkylation sites (tertiary alicyclic amines) is 1. The lowest BCUT2D eigenvalue weighted by Crippen LogP contribution is -2.53. The van der Waals surface area contributed by atoms with E-state index in [1.54, 1.807) is 0 Å². The SMILES string of the molecule is CCc1ccc(C(=O)N2CCN(C(=O)C3CCN(C(=O)CCOc4ccccc4)CC3)CC2)cc1. The predicted molar refractivity (Wildman–Crippen MR) is 134 cm³/mol. The number of para-hydroxylation sites is 1. The van der Waals surface area contributed by atoms with Crippen LogP contribution in [0.5, 0.6) is 5.75 Å². The van der Waals surface area contributed by atoms with Gasteiger partial charge in [0, 0.05) is 50.7 Å². The number of hydrogen-bond donors (Lipinski definition) is 0. The van der Waals surface area contributed by atoms with E-state index in [0.29, 0.717) is 70.7 Å². The van der Waals surface area contributed by atoms with Crippen LogP contribution < -0.4 is 4.74 Å². The highest BCUT2D eigenvalue weighted by Gasteiger charge is 2.32. The Bertz CT molecular complexity index is 993. The summed E-state index contributed by atoms with van der Waals surface area (Å²) in [6.07, 6.45) is 2.66. The monoisotopic (exact) mass is 477 g/mol. The molecule has 7 heteroatoms. The van der Waals surface area contributed by atoms with Crippen LogP contribution in [0.25, 0.3) is 0 Å². The molecule has 4 rings (SSSR count). The molecule has 0 bridgehead atoms. The minimum absolute atomic E-state index is 0.0304. The number of aryl methyl sites for hydroxylation is 1. The van der Waals surface area contributed by atoms with Gasteiger partial charge in [-0.2, -0.15) is 0 Å². The van der Waals surface area contributed by atoms with Crippen molar-refractivity contribution < 1.29 is 19.1 Å². The average Bonchev–Trinajstić information content (AvgIpc) is 2.93. The molecule has 2 heterocycles. The van der Waals surface area contributed by atoms with Crippen LogP contribution in [0.4, 0.5) is 0 Å². The van der Waals surface area contributed by atoms with Gasteiger partial charge in [-0.05, 0) is 49.1 Å². The third-order valence-electron chi connectivity index (χ3n) is 7.01. The standard InChI is InChI=1S/C28H35N3O4/c1-2-22-8-10-23(11-9-22)27(33)30-17-19-31(20-18-30)28(34)24-12-15-29(16-13-24)26(32)14-21-35-25-6-4-3-5-7-25/h3-11,24H,2,12-21H2,1H3. The van der Waals surface area contributed by atoms with Crippen LogP contribution in [0.3, 0.4) is 0 Å². The molecule has 0 radical (unpaired) electrons. The van der Waals surface area contributed by atoms with E-state index in [4.69, 9.17) is 4.74 Å². The number of benzene rings is 2. The van der Waals surface area contributed by atoms with Crippen molar-refractivity contribution >= 4 is 17.7 Å². The average molecular weight is 478 g/mol. The second-order valence-corrected chi connectivity index (χ2v) is 9.23. The molecule has 0 saturated carbocycles. The summed E-state index contributed by atoms with van der Waals surface area (Å²) < 4.78 is 5.63. The van der Waals surface area contributed by atoms with Crippen molar-refractivity contribution in [2.45, 2.75) is 32.6 Å². The van der Waals surface area contributed by atoms with E-state index in [1.807, 2.05) is 69.3 Å². The molecule has 2 aromatic rings. The van der Waals surface area contributed by atoms with E-state index < -0.39 is 0 Å². The number of rotatable bonds is 7. The minimum Gasteiger partial charge on any atom is -0.493 e. The Balaban J connectivity index is 1.17. The molecule has 7 nitrogen and oxygen atoms in total. The second kappa shape index (κ2) is 11.9. The highest BCUT2D eigenvalue weighted by Crippen LogP contribution is 2.22. The maximum absolute atomic E-state index is 13.1. The van der Waals surface area contributed by atoms with Crippen LogP contribution >= 0.6 is 0 Å². The summed E-state index contributed by atoms with van der Waals surface area (Å²) in [6, 6.07) is 17.3. The summed E-state index contributed by atoms with van der Waals surface area (Å²) in [7, 11) is 0. The van der Waals surface area contributed by atoms with Crippen molar-refractivity contribution in [1.29, 1.82) is 0 Å². The van der Waals surface area contributed by atoms with Crippen LogP contribution in [-0.4, -0.2) is 78.3 Å². The molecule has 2 fully saturated rings. The van der Waals surface area contributed by atoms with Gasteiger partial charge in [-0.15, -0.1) is 0 Å². The predicted octanol–water partition coefficient (Wildman–Crippen LogP) is 3.24. The zero-order valence-corrected chi connectivity index (χ0v) is 20.5. The van der Waals surface area contributed by atoms with Crippen molar-refractivity contribution in [2.75, 3.05) is 45.9 Å². The second-order valence-electron chi connectivity index (χ2n) is 9.23. The summed E-state index contributed by atoms with van der Waals surface area (Å²) in [4.78, 5) is 44.0. The summed E-state index contributed by atoms with van der Waals surface area (Å²) in [5, 5.41) is 0. The maximum atomic E-state index is 13.1. The maximum Gasteiger partial charge on any atom is 0.253 e. The molecule has 2 aliphatic rings. The zero-order chi connectivity index (χ0) is 24.6. The third-order valence-corrected chi connectivity index (χ3v) is 7.01. The molecular weight excluding hydrogens is 442 g/mol. The van der Waals surface area contributed by atoms with Gasteiger partial charge in [0.2, 0.25) is 11.8 Å². The molecule has 0 atom stereocenters. The smallest absolute Gasteiger partial charge is 0.253 e. The Hall–Kier alpha value is -3.35. The number of carbonyl (C=O) groups is 3. The Morgan fingerprint density at radius 3 is 2.06 bits per heavy atom. The molecule has 0 N–H and O–H groups in total. The fourth-order valence-electron chi connectivity index (χ4n) is 4.76. The molecule has 2 aliphatic heterocycles. The number of hydrogen-bond acceptors (Lipinski definition) is 4. The van der Waals surface area contributed by atoms with Gasteiger partial charge in [-0.25, -0.2) is 0 Å². The van der Waals surface area contributed by atoms with Gasteiger partial charge in [0.25, 0.3) is 5.91 Å². The first-order valence-electron chi connectivity index (χ1n) is 12.7. The van der Waals surface area contributed by atoms with E-state index in [1.165, 1.54) is 5.56 Å². The van der Waals surface area contributed by atoms with Crippen LogP contribution in [0.1, 0.15) is 42.1 Å². The summed E-state index contributed by atoms with van der Waals surface area (Å²) in [5.74, 6) is 0.974. The molecule has 0 aromatic heterocycles. The molecule has 3 amide bonds. The first-order chi connectivity index (χ1) is 17.0. The van der Waals surface area contributed by atoms with E-state index in [0.717, 1.165) is 12.2 Å². The van der Waals surface area contributed by atoms with Crippen molar-refractivity contribution in [1.82, 2.24) is 14.7 Å². The van der Waals surface area contributed by atoms with Gasteiger partial charge in [-0.3, -0.25) is 14.4 Å². The Labute approximate surface area is 207 Å². The van der Waals surface area contributed by atoms with Gasteiger partial charge >= 0.3 is 0 Å². The highest BCUT2D eigenvalue weighted by molar-refractivity contribution is 5.94. The lowest BCUT2D eigenvalue weighted by molar-refractivity contribution is -0.142. The third kappa shape index (κ3) is 6.41. The topological polar surface area (TPSA) is 70.2 Å². The van der Waals surface area contributed by atoms with Gasteiger partial charge in [0.05, 0.1) is 13.0 Å². The van der Waals surface area contributed by atoms with Gasteiger partial charge in [0.1, 0.15) is 5.75 Å². The van der Waals surface area contributed by atoms with Crippen molar-refractivity contribution in [3.8, 4) is 5.75 Å². The van der Waals surface area contributed by atoms with Crippen molar-refractivity contribution in [3.63, 3.8) is 0 Å². The summed E-state index contributed by atoms with van der Waals surface area (Å²) in [6.45, 7) is 5.89. The van der Waals surface area contributed by atoms with E-state index in [9.17, 15) is 14.4 Å². The van der Waals surface area contributed by atoms with E-state index in [2.05, 4.69) is 6.92 Å². The molecular formula is C28H35N3O4. The van der Waals surface area contributed by atoms with Gasteiger partial charge < -0.3 is 19.4 Å². The molecule has 0 spiro atoms. The fraction of sp³-hybridized carbons (Fsp3) is 0.464. The number of ether oxygens (including phenoxy) is 1. The Morgan fingerprint density at radius 1 is 0.800 bits per heavy atom. The molecule has 35 heavy (non-hydrogen) atoms. The molecule has 0 unspecified atom stereocenters. The molecule has 186 valence electrons. The van der Waals surface area contributed by atoms with Crippen molar-refractivity contribution in [3.05, 3.63) is 65.7 Å². The molecule has 2 saturated heterocycles. The van der Waals surface area contributed by atoms with Crippen LogP contribution in [0.15, 0.2) is 54.6 Å². The number of carbonyl (C=O) groups excluding carboxylic acids is 3. The van der Waals surface area contributed by atoms with E-state index in [-0.39, 0.29) is 23.6 Å². The first-order valence-corrected chi connectivity index (χ1v) is 12.7. The minimum atomic E-state index is -0.0524. The van der Waals surface area contributed by atoms with Gasteiger partial charge in [0.15, 0.2) is 0 Å². The summed E-state index contributed by atoms with van der Waals surface area (Å²) in [5.41, 5.74) is 1.92. The highest BCUT2D eigenvalue weighted by atomic mass is 16.5.